The maximum atomic E-state index is 13.7. The lowest BCUT2D eigenvalue weighted by molar-refractivity contribution is -0.153. The molecule has 2 aliphatic rings. The van der Waals surface area contributed by atoms with Crippen LogP contribution in [0, 0.1) is 11.8 Å². The number of carbonyl (C=O) groups is 3. The standard InChI is InChI=1S/C24H30N2O5/c1-5-10-16-21(24(29)31-7-3)19(15-11-8-9-12-25-15)20-17(26-16)13-14(4)18(22(20)27)23(28)30-6-2/h8-9,11-12,14,18-19,26H,5-7,10,13H2,1-4H3. The molecule has 7 nitrogen and oxygen atoms in total. The van der Waals surface area contributed by atoms with Crippen molar-refractivity contribution in [3.8, 4) is 0 Å². The molecule has 166 valence electrons. The first kappa shape index (κ1) is 22.7. The maximum Gasteiger partial charge on any atom is 0.336 e. The summed E-state index contributed by atoms with van der Waals surface area (Å²) in [6.07, 6.45) is 3.60. The van der Waals surface area contributed by atoms with Crippen LogP contribution in [-0.2, 0) is 23.9 Å². The Kier molecular flexibility index (Phi) is 7.25. The average molecular weight is 427 g/mol. The van der Waals surface area contributed by atoms with Gasteiger partial charge in [0.25, 0.3) is 0 Å². The minimum Gasteiger partial charge on any atom is -0.465 e. The number of allylic oxidation sites excluding steroid dienone is 3. The third kappa shape index (κ3) is 4.40. The van der Waals surface area contributed by atoms with E-state index in [1.165, 1.54) is 0 Å². The second-order valence-electron chi connectivity index (χ2n) is 7.84. The molecule has 0 aromatic carbocycles. The topological polar surface area (TPSA) is 94.6 Å². The molecule has 0 fully saturated rings. The molecule has 3 unspecified atom stereocenters. The second kappa shape index (κ2) is 9.90. The number of nitrogens with one attached hydrogen (secondary N) is 1. The third-order valence-corrected chi connectivity index (χ3v) is 5.69. The molecule has 31 heavy (non-hydrogen) atoms. The van der Waals surface area contributed by atoms with Gasteiger partial charge in [-0.3, -0.25) is 14.6 Å². The SMILES string of the molecule is CCCC1=C(C(=O)OCC)C(c2ccccn2)C2=C(CC(C)C(C(=O)OCC)C2=O)N1. The maximum absolute atomic E-state index is 13.7. The lowest BCUT2D eigenvalue weighted by Gasteiger charge is -2.38. The smallest absolute Gasteiger partial charge is 0.336 e. The summed E-state index contributed by atoms with van der Waals surface area (Å²) in [5, 5.41) is 3.36. The molecule has 1 aliphatic heterocycles. The Morgan fingerprint density at radius 3 is 2.52 bits per heavy atom. The number of ether oxygens (including phenoxy) is 2. The van der Waals surface area contributed by atoms with Gasteiger partial charge >= 0.3 is 11.9 Å². The van der Waals surface area contributed by atoms with E-state index >= 15 is 0 Å². The largest absolute Gasteiger partial charge is 0.465 e. The molecule has 0 bridgehead atoms. The Labute approximate surface area is 182 Å². The van der Waals surface area contributed by atoms with Crippen LogP contribution in [0.4, 0.5) is 0 Å². The van der Waals surface area contributed by atoms with E-state index in [4.69, 9.17) is 9.47 Å². The first-order valence-electron chi connectivity index (χ1n) is 11.0. The van der Waals surface area contributed by atoms with Crippen molar-refractivity contribution in [1.29, 1.82) is 0 Å². The van der Waals surface area contributed by atoms with E-state index in [0.29, 0.717) is 29.7 Å². The molecule has 0 amide bonds. The van der Waals surface area contributed by atoms with E-state index in [2.05, 4.69) is 10.3 Å². The molecule has 2 heterocycles. The number of esters is 2. The van der Waals surface area contributed by atoms with Crippen LogP contribution in [0.2, 0.25) is 0 Å². The van der Waals surface area contributed by atoms with Crippen molar-refractivity contribution in [1.82, 2.24) is 10.3 Å². The van der Waals surface area contributed by atoms with Gasteiger partial charge in [-0.15, -0.1) is 0 Å². The van der Waals surface area contributed by atoms with Gasteiger partial charge in [0.2, 0.25) is 0 Å². The Balaban J connectivity index is 2.18. The predicted octanol–water partition coefficient (Wildman–Crippen LogP) is 3.43. The molecule has 0 saturated heterocycles. The minimum absolute atomic E-state index is 0.206. The molecule has 0 saturated carbocycles. The van der Waals surface area contributed by atoms with Crippen LogP contribution in [0.25, 0.3) is 0 Å². The quantitative estimate of drug-likeness (QED) is 0.527. The highest BCUT2D eigenvalue weighted by Gasteiger charge is 2.48. The van der Waals surface area contributed by atoms with Gasteiger partial charge in [-0.1, -0.05) is 26.3 Å². The Bertz CT molecular complexity index is 919. The number of ketones is 1. The van der Waals surface area contributed by atoms with Crippen LogP contribution in [0.15, 0.2) is 46.9 Å². The number of aromatic nitrogens is 1. The zero-order chi connectivity index (χ0) is 22.5. The zero-order valence-corrected chi connectivity index (χ0v) is 18.6. The number of carbonyl (C=O) groups excluding carboxylic acids is 3. The first-order valence-corrected chi connectivity index (χ1v) is 11.0. The Hall–Kier alpha value is -2.96. The summed E-state index contributed by atoms with van der Waals surface area (Å²) in [5.74, 6) is -3.10. The lowest BCUT2D eigenvalue weighted by atomic mass is 9.69. The molecule has 1 N–H and O–H groups in total. The van der Waals surface area contributed by atoms with E-state index in [-0.39, 0.29) is 24.9 Å². The summed E-state index contributed by atoms with van der Waals surface area (Å²) < 4.78 is 10.6. The highest BCUT2D eigenvalue weighted by atomic mass is 16.5. The van der Waals surface area contributed by atoms with E-state index in [1.807, 2.05) is 19.9 Å². The molecular formula is C24H30N2O5. The van der Waals surface area contributed by atoms with Crippen LogP contribution in [-0.4, -0.2) is 35.9 Å². The normalized spacial score (nSPS) is 23.2. The number of Topliss-reactive ketones (excluding diaryl/α,β-unsaturated/α-hetero) is 1. The molecule has 7 heteroatoms. The molecule has 1 aliphatic carbocycles. The first-order chi connectivity index (χ1) is 14.9. The van der Waals surface area contributed by atoms with Gasteiger partial charge in [0.15, 0.2) is 5.78 Å². The third-order valence-electron chi connectivity index (χ3n) is 5.69. The van der Waals surface area contributed by atoms with Crippen molar-refractivity contribution in [2.24, 2.45) is 11.8 Å². The summed E-state index contributed by atoms with van der Waals surface area (Å²) >= 11 is 0. The van der Waals surface area contributed by atoms with Gasteiger partial charge in [0.1, 0.15) is 5.92 Å². The van der Waals surface area contributed by atoms with Crippen LogP contribution in [0.3, 0.4) is 0 Å². The second-order valence-corrected chi connectivity index (χ2v) is 7.84. The fourth-order valence-electron chi connectivity index (χ4n) is 4.44. The van der Waals surface area contributed by atoms with Crippen LogP contribution >= 0.6 is 0 Å². The van der Waals surface area contributed by atoms with Crippen molar-refractivity contribution >= 4 is 17.7 Å². The summed E-state index contributed by atoms with van der Waals surface area (Å²) in [5.41, 5.74) is 2.90. The monoisotopic (exact) mass is 426 g/mol. The van der Waals surface area contributed by atoms with E-state index in [0.717, 1.165) is 17.8 Å². The summed E-state index contributed by atoms with van der Waals surface area (Å²) in [6, 6.07) is 5.41. The number of dihydropyridines is 1. The van der Waals surface area contributed by atoms with Gasteiger partial charge in [0, 0.05) is 23.2 Å². The van der Waals surface area contributed by atoms with Gasteiger partial charge in [-0.25, -0.2) is 4.79 Å². The van der Waals surface area contributed by atoms with E-state index < -0.39 is 23.8 Å². The number of hydrogen-bond acceptors (Lipinski definition) is 7. The Morgan fingerprint density at radius 1 is 1.16 bits per heavy atom. The van der Waals surface area contributed by atoms with E-state index in [1.54, 1.807) is 32.2 Å². The molecule has 0 radical (unpaired) electrons. The molecule has 3 rings (SSSR count). The van der Waals surface area contributed by atoms with Crippen LogP contribution < -0.4 is 5.32 Å². The van der Waals surface area contributed by atoms with Gasteiger partial charge < -0.3 is 14.8 Å². The highest BCUT2D eigenvalue weighted by molar-refractivity contribution is 6.12. The van der Waals surface area contributed by atoms with Crippen LogP contribution in [0.1, 0.15) is 58.6 Å². The van der Waals surface area contributed by atoms with E-state index in [9.17, 15) is 14.4 Å². The summed E-state index contributed by atoms with van der Waals surface area (Å²) in [6.45, 7) is 7.81. The average Bonchev–Trinajstić information content (AvgIpc) is 2.74. The Morgan fingerprint density at radius 2 is 1.90 bits per heavy atom. The van der Waals surface area contributed by atoms with Crippen molar-refractivity contribution < 1.29 is 23.9 Å². The zero-order valence-electron chi connectivity index (χ0n) is 18.6. The van der Waals surface area contributed by atoms with Crippen LogP contribution in [0.5, 0.6) is 0 Å². The van der Waals surface area contributed by atoms with Crippen molar-refractivity contribution in [2.45, 2.75) is 52.9 Å². The van der Waals surface area contributed by atoms with Gasteiger partial charge in [-0.2, -0.15) is 0 Å². The summed E-state index contributed by atoms with van der Waals surface area (Å²) in [4.78, 5) is 43.8. The molecule has 3 atom stereocenters. The van der Waals surface area contributed by atoms with Gasteiger partial charge in [0.05, 0.1) is 30.4 Å². The predicted molar refractivity (Wildman–Crippen MR) is 115 cm³/mol. The number of pyridine rings is 1. The van der Waals surface area contributed by atoms with Crippen molar-refractivity contribution in [2.75, 3.05) is 13.2 Å². The molecular weight excluding hydrogens is 396 g/mol. The fraction of sp³-hybridized carbons (Fsp3) is 0.500. The molecule has 1 aromatic heterocycles. The highest BCUT2D eigenvalue weighted by Crippen LogP contribution is 2.45. The van der Waals surface area contributed by atoms with Crippen molar-refractivity contribution in [3.63, 3.8) is 0 Å². The van der Waals surface area contributed by atoms with Gasteiger partial charge in [-0.05, 0) is 44.7 Å². The number of nitrogens with zero attached hydrogens (tertiary/aromatic N) is 1. The minimum atomic E-state index is -0.900. The molecule has 0 spiro atoms. The number of rotatable bonds is 7. The summed E-state index contributed by atoms with van der Waals surface area (Å²) in [7, 11) is 0. The molecule has 1 aromatic rings. The van der Waals surface area contributed by atoms with Crippen molar-refractivity contribution in [3.05, 3.63) is 52.6 Å². The lowest BCUT2D eigenvalue weighted by Crippen LogP contribution is -2.44. The fourth-order valence-corrected chi connectivity index (χ4v) is 4.44. The number of hydrogen-bond donors (Lipinski definition) is 1.